The lowest BCUT2D eigenvalue weighted by molar-refractivity contribution is 0.123. The van der Waals surface area contributed by atoms with Crippen molar-refractivity contribution in [3.05, 3.63) is 64.1 Å². The van der Waals surface area contributed by atoms with Crippen LogP contribution in [0.2, 0.25) is 0 Å². The average Bonchev–Trinajstić information content (AvgIpc) is 2.75. The molecule has 132 valence electrons. The third-order valence-electron chi connectivity index (χ3n) is 4.59. The molecule has 2 aromatic rings. The minimum atomic E-state index is -0.865. The topological polar surface area (TPSA) is 43.8 Å². The minimum Gasteiger partial charge on any atom is -0.465 e. The molecule has 0 radical (unpaired) electrons. The smallest absolute Gasteiger partial charge is 0.407 e. The van der Waals surface area contributed by atoms with E-state index in [1.165, 1.54) is 16.0 Å². The zero-order valence-corrected chi connectivity index (χ0v) is 16.7. The Kier molecular flexibility index (Phi) is 5.41. The van der Waals surface area contributed by atoms with Crippen molar-refractivity contribution in [2.24, 2.45) is 0 Å². The highest BCUT2D eigenvalue weighted by Crippen LogP contribution is 2.46. The lowest BCUT2D eigenvalue weighted by Crippen LogP contribution is -2.48. The second-order valence-electron chi connectivity index (χ2n) is 6.35. The molecule has 1 N–H and O–H groups in total. The summed E-state index contributed by atoms with van der Waals surface area (Å²) < 4.78 is 1.03. The van der Waals surface area contributed by atoms with Crippen molar-refractivity contribution in [2.75, 3.05) is 27.2 Å². The Morgan fingerprint density at radius 2 is 1.88 bits per heavy atom. The molecule has 2 aromatic carbocycles. The fourth-order valence-corrected chi connectivity index (χ4v) is 4.86. The normalized spacial score (nSPS) is 20.2. The Labute approximate surface area is 161 Å². The molecule has 3 rings (SSSR count). The summed E-state index contributed by atoms with van der Waals surface area (Å²) in [6.07, 6.45) is -0.130. The Bertz CT molecular complexity index is 766. The summed E-state index contributed by atoms with van der Waals surface area (Å²) >= 11 is 5.18. The second-order valence-corrected chi connectivity index (χ2v) is 8.61. The molecule has 1 amide bonds. The summed E-state index contributed by atoms with van der Waals surface area (Å²) in [6.45, 7) is 0.940. The zero-order valence-electron chi connectivity index (χ0n) is 14.3. The molecule has 6 heteroatoms. The van der Waals surface area contributed by atoms with Crippen molar-refractivity contribution in [3.8, 4) is 0 Å². The summed E-state index contributed by atoms with van der Waals surface area (Å²) in [5, 5.41) is 9.65. The van der Waals surface area contributed by atoms with E-state index in [2.05, 4.69) is 45.1 Å². The largest absolute Gasteiger partial charge is 0.465 e. The Hall–Kier alpha value is -1.50. The number of benzene rings is 2. The van der Waals surface area contributed by atoms with Gasteiger partial charge in [-0.3, -0.25) is 4.90 Å². The van der Waals surface area contributed by atoms with E-state index in [1.54, 1.807) is 11.8 Å². The Balaban J connectivity index is 2.11. The van der Waals surface area contributed by atoms with Crippen molar-refractivity contribution in [3.63, 3.8) is 0 Å². The van der Waals surface area contributed by atoms with Gasteiger partial charge in [-0.15, -0.1) is 0 Å². The number of hydrogen-bond acceptors (Lipinski definition) is 3. The van der Waals surface area contributed by atoms with E-state index in [-0.39, 0.29) is 0 Å². The van der Waals surface area contributed by atoms with Crippen molar-refractivity contribution in [1.29, 1.82) is 0 Å². The maximum Gasteiger partial charge on any atom is 0.407 e. The van der Waals surface area contributed by atoms with Gasteiger partial charge in [0.1, 0.15) is 4.87 Å². The molecular weight excluding hydrogens is 400 g/mol. The molecule has 0 aliphatic carbocycles. The first-order chi connectivity index (χ1) is 11.9. The molecule has 0 fully saturated rings. The molecule has 1 heterocycles. The standard InChI is InChI=1S/C19H21BrN2O2S/c1-21(2)19(25-16-9-7-15(20)8-10-16)13-22(18(23)24)12-11-14-5-3-4-6-17(14)19/h3-10H,11-13H2,1-2H3,(H,23,24). The average molecular weight is 421 g/mol. The molecule has 0 aromatic heterocycles. The molecule has 1 aliphatic heterocycles. The highest BCUT2D eigenvalue weighted by Gasteiger charge is 2.42. The van der Waals surface area contributed by atoms with E-state index in [4.69, 9.17) is 0 Å². The fourth-order valence-electron chi connectivity index (χ4n) is 3.22. The lowest BCUT2D eigenvalue weighted by atomic mass is 9.98. The van der Waals surface area contributed by atoms with Crippen LogP contribution >= 0.6 is 27.7 Å². The van der Waals surface area contributed by atoms with Gasteiger partial charge in [-0.25, -0.2) is 4.79 Å². The minimum absolute atomic E-state index is 0.424. The van der Waals surface area contributed by atoms with Gasteiger partial charge >= 0.3 is 6.09 Å². The van der Waals surface area contributed by atoms with E-state index < -0.39 is 11.0 Å². The van der Waals surface area contributed by atoms with Crippen LogP contribution in [0.1, 0.15) is 11.1 Å². The maximum atomic E-state index is 11.8. The summed E-state index contributed by atoms with van der Waals surface area (Å²) in [4.78, 5) is 16.1. The first kappa shape index (κ1) is 18.3. The molecule has 0 saturated carbocycles. The molecule has 4 nitrogen and oxygen atoms in total. The SMILES string of the molecule is CN(C)C1(Sc2ccc(Br)cc2)CN(C(=O)O)CCc2ccccc21. The Morgan fingerprint density at radius 3 is 2.52 bits per heavy atom. The first-order valence-corrected chi connectivity index (χ1v) is 9.71. The number of rotatable bonds is 3. The van der Waals surface area contributed by atoms with Gasteiger partial charge in [-0.1, -0.05) is 52.0 Å². The van der Waals surface area contributed by atoms with E-state index in [0.29, 0.717) is 13.1 Å². The molecule has 1 unspecified atom stereocenters. The van der Waals surface area contributed by atoms with Gasteiger partial charge in [-0.05, 0) is 55.9 Å². The van der Waals surface area contributed by atoms with Crippen molar-refractivity contribution < 1.29 is 9.90 Å². The van der Waals surface area contributed by atoms with Crippen LogP contribution in [0.5, 0.6) is 0 Å². The predicted molar refractivity (Wildman–Crippen MR) is 105 cm³/mol. The number of carbonyl (C=O) groups is 1. The van der Waals surface area contributed by atoms with Gasteiger partial charge < -0.3 is 10.0 Å². The van der Waals surface area contributed by atoms with Gasteiger partial charge in [0, 0.05) is 15.9 Å². The third-order valence-corrected chi connectivity index (χ3v) is 6.68. The van der Waals surface area contributed by atoms with Gasteiger partial charge in [0.2, 0.25) is 0 Å². The number of fused-ring (bicyclic) bond motifs is 1. The number of nitrogens with zero attached hydrogens (tertiary/aromatic N) is 2. The Morgan fingerprint density at radius 1 is 1.20 bits per heavy atom. The van der Waals surface area contributed by atoms with Crippen LogP contribution in [0, 0.1) is 0 Å². The lowest BCUT2D eigenvalue weighted by Gasteiger charge is -2.41. The molecule has 0 bridgehead atoms. The van der Waals surface area contributed by atoms with Crippen LogP contribution < -0.4 is 0 Å². The highest BCUT2D eigenvalue weighted by molar-refractivity contribution is 9.10. The van der Waals surface area contributed by atoms with Crippen LogP contribution in [0.15, 0.2) is 57.9 Å². The van der Waals surface area contributed by atoms with E-state index in [9.17, 15) is 9.90 Å². The number of halogens is 1. The summed E-state index contributed by atoms with van der Waals surface area (Å²) in [5.74, 6) is 0. The van der Waals surface area contributed by atoms with Crippen molar-refractivity contribution >= 4 is 33.8 Å². The second kappa shape index (κ2) is 7.40. The molecular formula is C19H21BrN2O2S. The van der Waals surface area contributed by atoms with Crippen LogP contribution in [0.25, 0.3) is 0 Å². The van der Waals surface area contributed by atoms with Crippen LogP contribution in [-0.2, 0) is 11.3 Å². The van der Waals surface area contributed by atoms with Gasteiger partial charge in [0.25, 0.3) is 0 Å². The molecule has 1 atom stereocenters. The number of carboxylic acid groups (broad SMARTS) is 1. The monoisotopic (exact) mass is 420 g/mol. The summed E-state index contributed by atoms with van der Waals surface area (Å²) in [7, 11) is 4.04. The predicted octanol–water partition coefficient (Wildman–Crippen LogP) is 4.49. The van der Waals surface area contributed by atoms with Crippen LogP contribution in [0.4, 0.5) is 4.79 Å². The van der Waals surface area contributed by atoms with Gasteiger partial charge in [-0.2, -0.15) is 0 Å². The van der Waals surface area contributed by atoms with E-state index in [1.807, 2.05) is 38.4 Å². The van der Waals surface area contributed by atoms with Crippen LogP contribution in [-0.4, -0.2) is 48.2 Å². The molecule has 25 heavy (non-hydrogen) atoms. The fraction of sp³-hybridized carbons (Fsp3) is 0.316. The third kappa shape index (κ3) is 3.71. The van der Waals surface area contributed by atoms with Crippen molar-refractivity contribution in [2.45, 2.75) is 16.2 Å². The molecule has 0 spiro atoms. The number of amides is 1. The zero-order chi connectivity index (χ0) is 18.0. The van der Waals surface area contributed by atoms with Gasteiger partial charge in [0.15, 0.2) is 0 Å². The number of likely N-dealkylation sites (N-methyl/N-ethyl adjacent to an activating group) is 1. The number of thioether (sulfide) groups is 1. The van der Waals surface area contributed by atoms with Crippen molar-refractivity contribution in [1.82, 2.24) is 9.80 Å². The van der Waals surface area contributed by atoms with Crippen LogP contribution in [0.3, 0.4) is 0 Å². The summed E-state index contributed by atoms with van der Waals surface area (Å²) in [6, 6.07) is 16.5. The first-order valence-electron chi connectivity index (χ1n) is 8.10. The number of hydrogen-bond donors (Lipinski definition) is 1. The molecule has 1 aliphatic rings. The van der Waals surface area contributed by atoms with Gasteiger partial charge in [0.05, 0.1) is 6.54 Å². The highest BCUT2D eigenvalue weighted by atomic mass is 79.9. The van der Waals surface area contributed by atoms with E-state index >= 15 is 0 Å². The molecule has 0 saturated heterocycles. The summed E-state index contributed by atoms with van der Waals surface area (Å²) in [5.41, 5.74) is 2.40. The van der Waals surface area contributed by atoms with E-state index in [0.717, 1.165) is 15.8 Å². The maximum absolute atomic E-state index is 11.8. The quantitative estimate of drug-likeness (QED) is 0.742.